The van der Waals surface area contributed by atoms with Crippen LogP contribution in [0.2, 0.25) is 0 Å². The van der Waals surface area contributed by atoms with E-state index in [-0.39, 0.29) is 5.91 Å². The lowest BCUT2D eigenvalue weighted by atomic mass is 9.47. The summed E-state index contributed by atoms with van der Waals surface area (Å²) in [7, 11) is 0. The van der Waals surface area contributed by atoms with Crippen molar-refractivity contribution in [1.29, 1.82) is 0 Å². The number of rotatable bonds is 4. The second-order valence-corrected chi connectivity index (χ2v) is 9.19. The Morgan fingerprint density at radius 2 is 1.61 bits per heavy atom. The molecular weight excluding hydrogens is 284 g/mol. The van der Waals surface area contributed by atoms with Crippen LogP contribution in [0, 0.1) is 23.2 Å². The Morgan fingerprint density at radius 1 is 1.09 bits per heavy atom. The number of hydrogen-bond acceptors (Lipinski definition) is 2. The fourth-order valence-electron chi connectivity index (χ4n) is 6.98. The van der Waals surface area contributed by atoms with Gasteiger partial charge in [-0.3, -0.25) is 4.79 Å². The van der Waals surface area contributed by atoms with E-state index in [0.717, 1.165) is 43.7 Å². The fourth-order valence-corrected chi connectivity index (χ4v) is 6.98. The van der Waals surface area contributed by atoms with Gasteiger partial charge < -0.3 is 10.2 Å². The van der Waals surface area contributed by atoms with Crippen molar-refractivity contribution in [3.8, 4) is 0 Å². The second-order valence-electron chi connectivity index (χ2n) is 9.19. The summed E-state index contributed by atoms with van der Waals surface area (Å²) in [6.45, 7) is 5.99. The van der Waals surface area contributed by atoms with Crippen molar-refractivity contribution in [3.63, 3.8) is 0 Å². The Balaban J connectivity index is 1.40. The SMILES string of the molecule is CCC(NC1CCN(C(C)=O)CC1)C12CC3CC(CC(C3)C1)C2. The number of carbonyl (C=O) groups is 1. The molecule has 1 heterocycles. The van der Waals surface area contributed by atoms with Crippen molar-refractivity contribution in [2.45, 2.75) is 83.7 Å². The van der Waals surface area contributed by atoms with Crippen molar-refractivity contribution in [3.05, 3.63) is 0 Å². The number of likely N-dealkylation sites (tertiary alicyclic amines) is 1. The summed E-state index contributed by atoms with van der Waals surface area (Å²) in [5, 5.41) is 4.08. The molecule has 0 aromatic heterocycles. The van der Waals surface area contributed by atoms with Gasteiger partial charge >= 0.3 is 0 Å². The van der Waals surface area contributed by atoms with Crippen LogP contribution in [0.1, 0.15) is 71.6 Å². The molecule has 5 fully saturated rings. The molecule has 1 N–H and O–H groups in total. The first kappa shape index (κ1) is 15.9. The molecule has 5 aliphatic rings. The Hall–Kier alpha value is -0.570. The fraction of sp³-hybridized carbons (Fsp3) is 0.950. The van der Waals surface area contributed by atoms with E-state index < -0.39 is 0 Å². The topological polar surface area (TPSA) is 32.3 Å². The Bertz CT molecular complexity index is 417. The average molecular weight is 319 g/mol. The maximum atomic E-state index is 11.5. The van der Waals surface area contributed by atoms with Gasteiger partial charge in [0.2, 0.25) is 5.91 Å². The van der Waals surface area contributed by atoms with Crippen molar-refractivity contribution in [2.24, 2.45) is 23.2 Å². The highest BCUT2D eigenvalue weighted by atomic mass is 16.2. The van der Waals surface area contributed by atoms with E-state index in [1.807, 2.05) is 4.90 Å². The molecule has 1 unspecified atom stereocenters. The van der Waals surface area contributed by atoms with E-state index in [1.54, 1.807) is 6.92 Å². The first-order chi connectivity index (χ1) is 11.1. The van der Waals surface area contributed by atoms with Gasteiger partial charge in [0.1, 0.15) is 0 Å². The van der Waals surface area contributed by atoms with Crippen LogP contribution >= 0.6 is 0 Å². The van der Waals surface area contributed by atoms with Crippen LogP contribution in [0.5, 0.6) is 0 Å². The second kappa shape index (κ2) is 6.06. The number of piperidine rings is 1. The number of carbonyl (C=O) groups excluding carboxylic acids is 1. The largest absolute Gasteiger partial charge is 0.343 e. The third-order valence-corrected chi connectivity index (χ3v) is 7.61. The van der Waals surface area contributed by atoms with Crippen LogP contribution in [0.15, 0.2) is 0 Å². The predicted molar refractivity (Wildman–Crippen MR) is 93.1 cm³/mol. The molecule has 23 heavy (non-hydrogen) atoms. The maximum absolute atomic E-state index is 11.5. The van der Waals surface area contributed by atoms with Gasteiger partial charge in [0.25, 0.3) is 0 Å². The molecule has 5 rings (SSSR count). The van der Waals surface area contributed by atoms with Crippen LogP contribution in [-0.2, 0) is 4.79 Å². The molecule has 4 aliphatic carbocycles. The van der Waals surface area contributed by atoms with Crippen molar-refractivity contribution in [1.82, 2.24) is 10.2 Å². The number of nitrogens with one attached hydrogen (secondary N) is 1. The van der Waals surface area contributed by atoms with Crippen molar-refractivity contribution in [2.75, 3.05) is 13.1 Å². The van der Waals surface area contributed by atoms with Gasteiger partial charge in [-0.25, -0.2) is 0 Å². The van der Waals surface area contributed by atoms with Gasteiger partial charge in [-0.05, 0) is 81.0 Å². The van der Waals surface area contributed by atoms with Gasteiger partial charge in [-0.15, -0.1) is 0 Å². The molecule has 3 nitrogen and oxygen atoms in total. The Morgan fingerprint density at radius 3 is 2.04 bits per heavy atom. The van der Waals surface area contributed by atoms with Gasteiger partial charge in [-0.2, -0.15) is 0 Å². The summed E-state index contributed by atoms with van der Waals surface area (Å²) in [4.78, 5) is 13.5. The van der Waals surface area contributed by atoms with Crippen LogP contribution in [0.4, 0.5) is 0 Å². The first-order valence-electron chi connectivity index (χ1n) is 10.1. The minimum Gasteiger partial charge on any atom is -0.343 e. The summed E-state index contributed by atoms with van der Waals surface area (Å²) in [5.41, 5.74) is 0.612. The first-order valence-corrected chi connectivity index (χ1v) is 10.1. The van der Waals surface area contributed by atoms with Gasteiger partial charge in [0, 0.05) is 32.1 Å². The van der Waals surface area contributed by atoms with Crippen molar-refractivity contribution >= 4 is 5.91 Å². The van der Waals surface area contributed by atoms with Crippen LogP contribution in [0.3, 0.4) is 0 Å². The minimum absolute atomic E-state index is 0.247. The molecule has 1 saturated heterocycles. The molecule has 1 aliphatic heterocycles. The molecule has 4 saturated carbocycles. The standard InChI is InChI=1S/C20H34N2O/c1-3-19(21-18-4-6-22(7-5-18)14(2)23)20-11-15-8-16(12-20)10-17(9-15)13-20/h15-19,21H,3-13H2,1-2H3. The molecular formula is C20H34N2O. The quantitative estimate of drug-likeness (QED) is 0.859. The molecule has 3 heteroatoms. The lowest BCUT2D eigenvalue weighted by molar-refractivity contribution is -0.130. The van der Waals surface area contributed by atoms with E-state index >= 15 is 0 Å². The molecule has 0 spiro atoms. The third-order valence-electron chi connectivity index (χ3n) is 7.61. The molecule has 130 valence electrons. The maximum Gasteiger partial charge on any atom is 0.219 e. The zero-order valence-corrected chi connectivity index (χ0v) is 15.0. The van der Waals surface area contributed by atoms with Gasteiger partial charge in [-0.1, -0.05) is 6.92 Å². The number of amides is 1. The van der Waals surface area contributed by atoms with E-state index in [2.05, 4.69) is 12.2 Å². The zero-order valence-electron chi connectivity index (χ0n) is 15.0. The van der Waals surface area contributed by atoms with Crippen LogP contribution in [-0.4, -0.2) is 36.0 Å². The van der Waals surface area contributed by atoms with E-state index in [9.17, 15) is 4.79 Å². The lowest BCUT2D eigenvalue weighted by Gasteiger charge is -2.60. The molecule has 0 radical (unpaired) electrons. The summed E-state index contributed by atoms with van der Waals surface area (Å²) < 4.78 is 0. The third kappa shape index (κ3) is 2.94. The zero-order chi connectivity index (χ0) is 16.0. The van der Waals surface area contributed by atoms with Crippen LogP contribution < -0.4 is 5.32 Å². The average Bonchev–Trinajstić information content (AvgIpc) is 2.51. The van der Waals surface area contributed by atoms with Crippen molar-refractivity contribution < 1.29 is 4.79 Å². The lowest BCUT2D eigenvalue weighted by Crippen LogP contribution is -2.58. The molecule has 1 atom stereocenters. The van der Waals surface area contributed by atoms with E-state index in [4.69, 9.17) is 0 Å². The van der Waals surface area contributed by atoms with Gasteiger partial charge in [0.15, 0.2) is 0 Å². The normalized spacial score (nSPS) is 41.3. The number of hydrogen-bond donors (Lipinski definition) is 1. The smallest absolute Gasteiger partial charge is 0.219 e. The Kier molecular flexibility index (Phi) is 4.19. The molecule has 0 aromatic rings. The Labute approximate surface area is 141 Å². The predicted octanol–water partition coefficient (Wildman–Crippen LogP) is 3.58. The highest BCUT2D eigenvalue weighted by Gasteiger charge is 2.53. The van der Waals surface area contributed by atoms with Gasteiger partial charge in [0.05, 0.1) is 0 Å². The highest BCUT2D eigenvalue weighted by molar-refractivity contribution is 5.73. The molecule has 1 amide bonds. The summed E-state index contributed by atoms with van der Waals surface area (Å²) >= 11 is 0. The summed E-state index contributed by atoms with van der Waals surface area (Å²) in [6, 6.07) is 1.34. The molecule has 4 bridgehead atoms. The summed E-state index contributed by atoms with van der Waals surface area (Å²) in [6.07, 6.45) is 12.7. The monoisotopic (exact) mass is 318 g/mol. The number of nitrogens with zero attached hydrogens (tertiary/aromatic N) is 1. The molecule has 0 aromatic carbocycles. The van der Waals surface area contributed by atoms with E-state index in [1.165, 1.54) is 44.9 Å². The summed E-state index contributed by atoms with van der Waals surface area (Å²) in [5.74, 6) is 3.36. The minimum atomic E-state index is 0.247. The van der Waals surface area contributed by atoms with E-state index in [0.29, 0.717) is 17.5 Å². The van der Waals surface area contributed by atoms with Crippen LogP contribution in [0.25, 0.3) is 0 Å². The highest BCUT2D eigenvalue weighted by Crippen LogP contribution is 2.61.